The van der Waals surface area contributed by atoms with Crippen LogP contribution in [-0.2, 0) is 19.1 Å². The highest BCUT2D eigenvalue weighted by atomic mass is 16.6. The van der Waals surface area contributed by atoms with E-state index in [1.807, 2.05) is 6.08 Å². The monoisotopic (exact) mass is 328 g/mol. The third kappa shape index (κ3) is 2.01. The number of carbonyl (C=O) groups is 3. The summed E-state index contributed by atoms with van der Waals surface area (Å²) in [5.74, 6) is 1.01. The van der Waals surface area contributed by atoms with Crippen molar-refractivity contribution < 1.29 is 19.1 Å². The van der Waals surface area contributed by atoms with E-state index in [9.17, 15) is 14.4 Å². The number of hydrogen-bond donors (Lipinski definition) is 0. The van der Waals surface area contributed by atoms with Crippen LogP contribution in [0.2, 0.25) is 0 Å². The number of esters is 1. The zero-order valence-electron chi connectivity index (χ0n) is 14.3. The summed E-state index contributed by atoms with van der Waals surface area (Å²) in [5, 5.41) is 0. The minimum absolute atomic E-state index is 0.0251. The van der Waals surface area contributed by atoms with Crippen LogP contribution in [0.15, 0.2) is 23.8 Å². The number of carbonyl (C=O) groups excluding carboxylic acids is 3. The Morgan fingerprint density at radius 3 is 2.71 bits per heavy atom. The van der Waals surface area contributed by atoms with Crippen LogP contribution >= 0.6 is 0 Å². The Balaban J connectivity index is 1.76. The molecule has 4 heteroatoms. The van der Waals surface area contributed by atoms with Crippen molar-refractivity contribution in [2.24, 2.45) is 23.2 Å². The van der Waals surface area contributed by atoms with E-state index in [1.54, 1.807) is 12.2 Å². The van der Waals surface area contributed by atoms with Gasteiger partial charge in [-0.15, -0.1) is 0 Å². The first-order chi connectivity index (χ1) is 11.4. The van der Waals surface area contributed by atoms with E-state index in [2.05, 4.69) is 6.92 Å². The van der Waals surface area contributed by atoms with Gasteiger partial charge in [0.15, 0.2) is 11.4 Å². The number of ketones is 2. The van der Waals surface area contributed by atoms with Crippen molar-refractivity contribution in [1.29, 1.82) is 0 Å². The Morgan fingerprint density at radius 2 is 1.96 bits per heavy atom. The molecule has 128 valence electrons. The second-order valence-corrected chi connectivity index (χ2v) is 8.13. The Kier molecular flexibility index (Phi) is 3.38. The molecular formula is C20H24O4. The van der Waals surface area contributed by atoms with Crippen molar-refractivity contribution in [2.75, 3.05) is 0 Å². The first-order valence-electron chi connectivity index (χ1n) is 9.04. The maximum atomic E-state index is 12.4. The zero-order valence-corrected chi connectivity index (χ0v) is 14.3. The molecule has 24 heavy (non-hydrogen) atoms. The van der Waals surface area contributed by atoms with E-state index in [-0.39, 0.29) is 23.1 Å². The highest BCUT2D eigenvalue weighted by Crippen LogP contribution is 2.61. The van der Waals surface area contributed by atoms with Crippen molar-refractivity contribution in [2.45, 2.75) is 58.0 Å². The van der Waals surface area contributed by atoms with E-state index in [0.717, 1.165) is 37.7 Å². The van der Waals surface area contributed by atoms with Gasteiger partial charge in [0.05, 0.1) is 0 Å². The van der Waals surface area contributed by atoms with Gasteiger partial charge in [-0.05, 0) is 67.7 Å². The molecule has 4 rings (SSSR count). The minimum atomic E-state index is -0.768. The van der Waals surface area contributed by atoms with Crippen LogP contribution in [0.3, 0.4) is 0 Å². The smallest absolute Gasteiger partial charge is 0.303 e. The van der Waals surface area contributed by atoms with Crippen LogP contribution < -0.4 is 0 Å². The molecule has 0 saturated heterocycles. The first kappa shape index (κ1) is 15.8. The van der Waals surface area contributed by atoms with Crippen LogP contribution in [0, 0.1) is 23.2 Å². The number of allylic oxidation sites excluding steroid dienone is 2. The summed E-state index contributed by atoms with van der Waals surface area (Å²) >= 11 is 0. The number of rotatable bonds is 1. The van der Waals surface area contributed by atoms with Gasteiger partial charge in [0.2, 0.25) is 0 Å². The van der Waals surface area contributed by atoms with Crippen molar-refractivity contribution in [3.05, 3.63) is 23.8 Å². The van der Waals surface area contributed by atoms with Crippen molar-refractivity contribution in [3.8, 4) is 0 Å². The topological polar surface area (TPSA) is 60.4 Å². The average Bonchev–Trinajstić information content (AvgIpc) is 2.83. The third-order valence-corrected chi connectivity index (χ3v) is 7.07. The molecule has 0 aromatic heterocycles. The molecule has 3 saturated carbocycles. The summed E-state index contributed by atoms with van der Waals surface area (Å²) in [4.78, 5) is 36.1. The molecule has 0 unspecified atom stereocenters. The Bertz CT molecular complexity index is 688. The lowest BCUT2D eigenvalue weighted by Gasteiger charge is -2.55. The molecule has 5 atom stereocenters. The highest BCUT2D eigenvalue weighted by Gasteiger charge is 2.60. The number of ether oxygens (including phenoxy) is 1. The summed E-state index contributed by atoms with van der Waals surface area (Å²) < 4.78 is 5.88. The molecular weight excluding hydrogens is 304 g/mol. The second kappa shape index (κ2) is 5.14. The average molecular weight is 328 g/mol. The lowest BCUT2D eigenvalue weighted by molar-refractivity contribution is -0.164. The van der Waals surface area contributed by atoms with Gasteiger partial charge >= 0.3 is 5.97 Å². The Labute approximate surface area is 142 Å². The summed E-state index contributed by atoms with van der Waals surface area (Å²) in [6.07, 6.45) is 10.1. The maximum Gasteiger partial charge on any atom is 0.303 e. The quantitative estimate of drug-likeness (QED) is 0.694. The SMILES string of the molecule is CC(=O)O[C@]12C=CC(=O)C=C1CC[C@@H]1[C@@H]3CCC(=O)[C@@]3(C)CC[C@@H]12. The van der Waals surface area contributed by atoms with Gasteiger partial charge in [0.25, 0.3) is 0 Å². The standard InChI is InChI=1S/C20H24O4/c1-12(21)24-20-10-7-14(22)11-13(20)3-4-15-16-5-6-18(23)19(16,2)9-8-17(15)20/h7,10-11,15-17H,3-6,8-9H2,1-2H3/t15-,16+,17+,19+,20-/m1/s1. The van der Waals surface area contributed by atoms with E-state index < -0.39 is 5.60 Å². The van der Waals surface area contributed by atoms with Crippen LogP contribution in [0.25, 0.3) is 0 Å². The number of hydrogen-bond acceptors (Lipinski definition) is 4. The van der Waals surface area contributed by atoms with Crippen molar-refractivity contribution >= 4 is 17.5 Å². The number of Topliss-reactive ketones (excluding diaryl/α,β-unsaturated/α-hetero) is 1. The normalized spacial score (nSPS) is 43.6. The van der Waals surface area contributed by atoms with E-state index >= 15 is 0 Å². The van der Waals surface area contributed by atoms with Crippen LogP contribution in [0.5, 0.6) is 0 Å². The highest BCUT2D eigenvalue weighted by molar-refractivity contribution is 6.01. The van der Waals surface area contributed by atoms with Crippen molar-refractivity contribution in [1.82, 2.24) is 0 Å². The Hall–Kier alpha value is -1.71. The first-order valence-corrected chi connectivity index (χ1v) is 9.04. The fourth-order valence-corrected chi connectivity index (χ4v) is 6.00. The summed E-state index contributed by atoms with van der Waals surface area (Å²) in [6.45, 7) is 3.57. The van der Waals surface area contributed by atoms with Crippen LogP contribution in [0.1, 0.15) is 52.4 Å². The predicted octanol–water partition coefficient (Wildman–Crippen LogP) is 3.16. The minimum Gasteiger partial charge on any atom is -0.450 e. The molecule has 0 heterocycles. The van der Waals surface area contributed by atoms with Gasteiger partial charge in [0.1, 0.15) is 5.78 Å². The molecule has 0 aromatic rings. The number of fused-ring (bicyclic) bond motifs is 5. The van der Waals surface area contributed by atoms with Crippen LogP contribution in [0.4, 0.5) is 0 Å². The van der Waals surface area contributed by atoms with Gasteiger partial charge < -0.3 is 4.74 Å². The molecule has 4 aliphatic carbocycles. The Morgan fingerprint density at radius 1 is 1.17 bits per heavy atom. The molecule has 0 aromatic carbocycles. The van der Waals surface area contributed by atoms with E-state index in [1.165, 1.54) is 6.92 Å². The third-order valence-electron chi connectivity index (χ3n) is 7.07. The summed E-state index contributed by atoms with van der Waals surface area (Å²) in [5.41, 5.74) is -0.0248. The largest absolute Gasteiger partial charge is 0.450 e. The van der Waals surface area contributed by atoms with Crippen LogP contribution in [-0.4, -0.2) is 23.1 Å². The maximum absolute atomic E-state index is 12.4. The lowest BCUT2D eigenvalue weighted by atomic mass is 9.51. The molecule has 3 fully saturated rings. The predicted molar refractivity (Wildman–Crippen MR) is 88.0 cm³/mol. The zero-order chi connectivity index (χ0) is 17.1. The molecule has 0 radical (unpaired) electrons. The molecule has 0 amide bonds. The molecule has 0 spiro atoms. The van der Waals surface area contributed by atoms with E-state index in [4.69, 9.17) is 4.74 Å². The molecule has 0 bridgehead atoms. The van der Waals surface area contributed by atoms with Gasteiger partial charge in [0, 0.05) is 24.7 Å². The van der Waals surface area contributed by atoms with Gasteiger partial charge in [-0.3, -0.25) is 14.4 Å². The lowest BCUT2D eigenvalue weighted by Crippen LogP contribution is -2.55. The molecule has 0 aliphatic heterocycles. The van der Waals surface area contributed by atoms with E-state index in [0.29, 0.717) is 24.0 Å². The fourth-order valence-electron chi connectivity index (χ4n) is 6.00. The molecule has 4 aliphatic rings. The van der Waals surface area contributed by atoms with Crippen molar-refractivity contribution in [3.63, 3.8) is 0 Å². The second-order valence-electron chi connectivity index (χ2n) is 8.13. The van der Waals surface area contributed by atoms with Gasteiger partial charge in [-0.1, -0.05) is 6.92 Å². The molecule has 0 N–H and O–H groups in total. The summed E-state index contributed by atoms with van der Waals surface area (Å²) in [6, 6.07) is 0. The van der Waals surface area contributed by atoms with Gasteiger partial charge in [-0.2, -0.15) is 0 Å². The van der Waals surface area contributed by atoms with Gasteiger partial charge in [-0.25, -0.2) is 0 Å². The fraction of sp³-hybridized carbons (Fsp3) is 0.650. The summed E-state index contributed by atoms with van der Waals surface area (Å²) in [7, 11) is 0. The molecule has 4 nitrogen and oxygen atoms in total.